The highest BCUT2D eigenvalue weighted by molar-refractivity contribution is 5.88. The number of carboxylic acid groups (broad SMARTS) is 1. The van der Waals surface area contributed by atoms with Gasteiger partial charge in [-0.25, -0.2) is 4.79 Å². The Labute approximate surface area is 206 Å². The van der Waals surface area contributed by atoms with Gasteiger partial charge in [0, 0.05) is 25.9 Å². The zero-order valence-corrected chi connectivity index (χ0v) is 20.4. The number of nitrogens with zero attached hydrogens (tertiary/aromatic N) is 1. The van der Waals surface area contributed by atoms with E-state index in [4.69, 9.17) is 0 Å². The van der Waals surface area contributed by atoms with E-state index < -0.39 is 12.0 Å². The zero-order chi connectivity index (χ0) is 25.0. The lowest BCUT2D eigenvalue weighted by Crippen LogP contribution is -2.48. The highest BCUT2D eigenvalue weighted by Gasteiger charge is 2.38. The summed E-state index contributed by atoms with van der Waals surface area (Å²) in [6.45, 7) is 6.73. The van der Waals surface area contributed by atoms with E-state index in [0.29, 0.717) is 12.5 Å². The van der Waals surface area contributed by atoms with E-state index in [1.165, 1.54) is 0 Å². The number of piperidine rings is 1. The van der Waals surface area contributed by atoms with Gasteiger partial charge in [-0.15, -0.1) is 0 Å². The third-order valence-corrected chi connectivity index (χ3v) is 7.67. The van der Waals surface area contributed by atoms with Crippen LogP contribution in [0.25, 0.3) is 10.8 Å². The first-order valence-electron chi connectivity index (χ1n) is 12.3. The Morgan fingerprint density at radius 1 is 1.11 bits per heavy atom. The summed E-state index contributed by atoms with van der Waals surface area (Å²) in [5.74, 6) is -0.642. The van der Waals surface area contributed by atoms with Crippen molar-refractivity contribution in [3.63, 3.8) is 0 Å². The summed E-state index contributed by atoms with van der Waals surface area (Å²) in [7, 11) is 0. The number of aromatic hydroxyl groups is 1. The summed E-state index contributed by atoms with van der Waals surface area (Å²) in [6, 6.07) is 20.2. The molecule has 1 fully saturated rings. The Morgan fingerprint density at radius 3 is 2.60 bits per heavy atom. The van der Waals surface area contributed by atoms with E-state index in [0.717, 1.165) is 41.4 Å². The third kappa shape index (κ3) is 5.65. The van der Waals surface area contributed by atoms with Crippen molar-refractivity contribution >= 4 is 22.6 Å². The van der Waals surface area contributed by atoms with Gasteiger partial charge in [0.2, 0.25) is 5.91 Å². The first kappa shape index (κ1) is 24.7. The number of carbonyl (C=O) groups is 2. The summed E-state index contributed by atoms with van der Waals surface area (Å²) in [6.07, 6.45) is 1.43. The van der Waals surface area contributed by atoms with Crippen LogP contribution in [0.15, 0.2) is 66.7 Å². The molecule has 4 rings (SSSR count). The molecular formula is C29H34N2O4. The van der Waals surface area contributed by atoms with Crippen molar-refractivity contribution in [1.82, 2.24) is 10.2 Å². The molecular weight excluding hydrogens is 440 g/mol. The molecule has 35 heavy (non-hydrogen) atoms. The second-order valence-electron chi connectivity index (χ2n) is 9.97. The average Bonchev–Trinajstić information content (AvgIpc) is 2.84. The van der Waals surface area contributed by atoms with E-state index in [-0.39, 0.29) is 29.9 Å². The summed E-state index contributed by atoms with van der Waals surface area (Å²) in [5.41, 5.74) is 2.01. The number of fused-ring (bicyclic) bond motifs is 1. The number of carbonyl (C=O) groups excluding carboxylic acids is 1. The molecule has 3 aromatic carbocycles. The summed E-state index contributed by atoms with van der Waals surface area (Å²) >= 11 is 0. The van der Waals surface area contributed by atoms with Crippen LogP contribution in [0.3, 0.4) is 0 Å². The minimum absolute atomic E-state index is 0.0373. The van der Waals surface area contributed by atoms with Gasteiger partial charge in [-0.1, -0.05) is 68.4 Å². The number of phenolic OH excluding ortho intramolecular Hbond substituents is 1. The highest BCUT2D eigenvalue weighted by atomic mass is 16.4. The molecule has 0 aromatic heterocycles. The Morgan fingerprint density at radius 2 is 1.86 bits per heavy atom. The molecule has 3 aromatic rings. The molecule has 0 unspecified atom stereocenters. The monoisotopic (exact) mass is 474 g/mol. The summed E-state index contributed by atoms with van der Waals surface area (Å²) < 4.78 is 0. The standard InChI is InChI=1S/C29H34N2O4/c1-20-19-31(16-14-29(20,2)23-10-6-11-24(32)18-23)15-13-27(33)30-26(28(34)35)17-22-9-5-8-21-7-3-4-12-25(21)22/h3-12,18,20,26,32H,13-17,19H2,1-2H3,(H,30,33)(H,34,35)/t20-,26+,29+/m0/s1. The lowest BCUT2D eigenvalue weighted by molar-refractivity contribution is -0.141. The van der Waals surface area contributed by atoms with Crippen LogP contribution in [0.4, 0.5) is 0 Å². The molecule has 6 heteroatoms. The van der Waals surface area contributed by atoms with E-state index in [1.807, 2.05) is 54.6 Å². The fourth-order valence-electron chi connectivity index (χ4n) is 5.23. The van der Waals surface area contributed by atoms with Gasteiger partial charge in [0.25, 0.3) is 0 Å². The molecule has 3 atom stereocenters. The molecule has 0 radical (unpaired) electrons. The minimum Gasteiger partial charge on any atom is -0.508 e. The lowest BCUT2D eigenvalue weighted by atomic mass is 9.68. The van der Waals surface area contributed by atoms with Gasteiger partial charge in [0.05, 0.1) is 0 Å². The van der Waals surface area contributed by atoms with Gasteiger partial charge < -0.3 is 20.4 Å². The van der Waals surface area contributed by atoms with Gasteiger partial charge in [0.1, 0.15) is 11.8 Å². The molecule has 1 aliphatic rings. The molecule has 1 aliphatic heterocycles. The van der Waals surface area contributed by atoms with Gasteiger partial charge >= 0.3 is 5.97 Å². The van der Waals surface area contributed by atoms with Crippen LogP contribution in [0.1, 0.15) is 37.8 Å². The Bertz CT molecular complexity index is 1200. The number of likely N-dealkylation sites (tertiary alicyclic amines) is 1. The van der Waals surface area contributed by atoms with Gasteiger partial charge in [-0.2, -0.15) is 0 Å². The second kappa shape index (κ2) is 10.5. The van der Waals surface area contributed by atoms with E-state index >= 15 is 0 Å². The zero-order valence-electron chi connectivity index (χ0n) is 20.4. The maximum absolute atomic E-state index is 12.7. The summed E-state index contributed by atoms with van der Waals surface area (Å²) in [4.78, 5) is 26.9. The van der Waals surface area contributed by atoms with Crippen LogP contribution in [0, 0.1) is 5.92 Å². The topological polar surface area (TPSA) is 89.9 Å². The molecule has 0 saturated carbocycles. The van der Waals surface area contributed by atoms with Crippen molar-refractivity contribution in [2.45, 2.75) is 44.6 Å². The van der Waals surface area contributed by atoms with E-state index in [2.05, 4.69) is 30.1 Å². The smallest absolute Gasteiger partial charge is 0.326 e. The SMILES string of the molecule is C[C@H]1CN(CCC(=O)N[C@H](Cc2cccc3ccccc23)C(=O)O)CC[C@@]1(C)c1cccc(O)c1. The van der Waals surface area contributed by atoms with Crippen molar-refractivity contribution < 1.29 is 19.8 Å². The first-order chi connectivity index (χ1) is 16.8. The van der Waals surface area contributed by atoms with Crippen molar-refractivity contribution in [2.75, 3.05) is 19.6 Å². The molecule has 6 nitrogen and oxygen atoms in total. The number of hydrogen-bond acceptors (Lipinski definition) is 4. The number of amides is 1. The van der Waals surface area contributed by atoms with Crippen LogP contribution in [-0.4, -0.2) is 52.7 Å². The molecule has 0 spiro atoms. The molecule has 1 amide bonds. The number of benzene rings is 3. The van der Waals surface area contributed by atoms with Crippen LogP contribution < -0.4 is 5.32 Å². The fourth-order valence-corrected chi connectivity index (χ4v) is 5.23. The van der Waals surface area contributed by atoms with Crippen LogP contribution in [0.2, 0.25) is 0 Å². The maximum atomic E-state index is 12.7. The molecule has 1 saturated heterocycles. The number of phenols is 1. The second-order valence-corrected chi connectivity index (χ2v) is 9.97. The molecule has 184 valence electrons. The summed E-state index contributed by atoms with van der Waals surface area (Å²) in [5, 5.41) is 24.4. The predicted molar refractivity (Wildman–Crippen MR) is 138 cm³/mol. The van der Waals surface area contributed by atoms with Crippen LogP contribution >= 0.6 is 0 Å². The minimum atomic E-state index is -1.03. The Kier molecular flexibility index (Phi) is 7.41. The average molecular weight is 475 g/mol. The van der Waals surface area contributed by atoms with Crippen LogP contribution in [0.5, 0.6) is 5.75 Å². The number of nitrogens with one attached hydrogen (secondary N) is 1. The first-order valence-corrected chi connectivity index (χ1v) is 12.3. The van der Waals surface area contributed by atoms with Gasteiger partial charge in [-0.3, -0.25) is 4.79 Å². The molecule has 0 aliphatic carbocycles. The lowest BCUT2D eigenvalue weighted by Gasteiger charge is -2.45. The maximum Gasteiger partial charge on any atom is 0.326 e. The molecule has 0 bridgehead atoms. The van der Waals surface area contributed by atoms with Crippen molar-refractivity contribution in [2.24, 2.45) is 5.92 Å². The van der Waals surface area contributed by atoms with Crippen LogP contribution in [-0.2, 0) is 21.4 Å². The quantitative estimate of drug-likeness (QED) is 0.452. The normalized spacial score (nSPS) is 21.5. The third-order valence-electron chi connectivity index (χ3n) is 7.67. The Hall–Kier alpha value is -3.38. The number of hydrogen-bond donors (Lipinski definition) is 3. The fraction of sp³-hybridized carbons (Fsp3) is 0.379. The predicted octanol–water partition coefficient (Wildman–Crippen LogP) is 4.35. The van der Waals surface area contributed by atoms with Gasteiger partial charge in [-0.05, 0) is 58.3 Å². The number of rotatable bonds is 8. The largest absolute Gasteiger partial charge is 0.508 e. The van der Waals surface area contributed by atoms with E-state index in [9.17, 15) is 19.8 Å². The van der Waals surface area contributed by atoms with Crippen molar-refractivity contribution in [3.8, 4) is 5.75 Å². The molecule has 3 N–H and O–H groups in total. The highest BCUT2D eigenvalue weighted by Crippen LogP contribution is 2.40. The molecule has 1 heterocycles. The van der Waals surface area contributed by atoms with E-state index in [1.54, 1.807) is 6.07 Å². The van der Waals surface area contributed by atoms with Gasteiger partial charge in [0.15, 0.2) is 0 Å². The number of carboxylic acids is 1. The number of aliphatic carboxylic acids is 1. The van der Waals surface area contributed by atoms with Crippen molar-refractivity contribution in [1.29, 1.82) is 0 Å². The van der Waals surface area contributed by atoms with Crippen molar-refractivity contribution in [3.05, 3.63) is 77.9 Å². The Balaban J connectivity index is 1.33.